The molecular formula is C9H16N4. The number of nitrogens with zero attached hydrogens (tertiary/aromatic N) is 2. The predicted molar refractivity (Wildman–Crippen MR) is 52.7 cm³/mol. The maximum absolute atomic E-state index is 3.90. The molecule has 2 N–H and O–H groups in total. The molecule has 0 radical (unpaired) electrons. The lowest BCUT2D eigenvalue weighted by Crippen LogP contribution is -2.36. The fraction of sp³-hybridized carbons (Fsp3) is 0.667. The summed E-state index contributed by atoms with van der Waals surface area (Å²) in [5.74, 6) is 0. The lowest BCUT2D eigenvalue weighted by atomic mass is 10.1. The summed E-state index contributed by atoms with van der Waals surface area (Å²) >= 11 is 0. The maximum atomic E-state index is 3.90. The van der Waals surface area contributed by atoms with Gasteiger partial charge in [0, 0.05) is 12.2 Å². The number of anilines is 1. The van der Waals surface area contributed by atoms with Gasteiger partial charge < -0.3 is 10.2 Å². The molecule has 1 aliphatic heterocycles. The van der Waals surface area contributed by atoms with Gasteiger partial charge in [0.2, 0.25) is 0 Å². The van der Waals surface area contributed by atoms with Gasteiger partial charge in [0.1, 0.15) is 0 Å². The summed E-state index contributed by atoms with van der Waals surface area (Å²) in [4.78, 5) is 2.37. The van der Waals surface area contributed by atoms with E-state index < -0.39 is 0 Å². The molecule has 72 valence electrons. The zero-order valence-corrected chi connectivity index (χ0v) is 7.95. The quantitative estimate of drug-likeness (QED) is 0.711. The van der Waals surface area contributed by atoms with Crippen molar-refractivity contribution in [3.8, 4) is 0 Å². The van der Waals surface area contributed by atoms with E-state index in [1.54, 1.807) is 0 Å². The Morgan fingerprint density at radius 1 is 1.54 bits per heavy atom. The van der Waals surface area contributed by atoms with Crippen LogP contribution in [0.5, 0.6) is 0 Å². The van der Waals surface area contributed by atoms with Gasteiger partial charge in [-0.2, -0.15) is 5.10 Å². The molecule has 1 aliphatic rings. The van der Waals surface area contributed by atoms with Gasteiger partial charge >= 0.3 is 0 Å². The van der Waals surface area contributed by atoms with Crippen molar-refractivity contribution >= 4 is 5.69 Å². The van der Waals surface area contributed by atoms with Crippen LogP contribution in [-0.2, 0) is 0 Å². The fourth-order valence-corrected chi connectivity index (χ4v) is 1.72. The summed E-state index contributed by atoms with van der Waals surface area (Å²) in [5, 5.41) is 10.2. The second kappa shape index (κ2) is 3.79. The average molecular weight is 180 g/mol. The molecule has 1 fully saturated rings. The zero-order valence-electron chi connectivity index (χ0n) is 7.95. The molecular weight excluding hydrogens is 164 g/mol. The molecule has 1 aromatic rings. The van der Waals surface area contributed by atoms with Gasteiger partial charge in [0.15, 0.2) is 0 Å². The first-order valence-corrected chi connectivity index (χ1v) is 4.78. The van der Waals surface area contributed by atoms with Crippen LogP contribution < -0.4 is 5.32 Å². The maximum Gasteiger partial charge on any atom is 0.0725 e. The van der Waals surface area contributed by atoms with Gasteiger partial charge in [-0.15, -0.1) is 0 Å². The van der Waals surface area contributed by atoms with Crippen molar-refractivity contribution in [3.63, 3.8) is 0 Å². The van der Waals surface area contributed by atoms with Crippen LogP contribution in [0.4, 0.5) is 5.69 Å². The second-order valence-electron chi connectivity index (χ2n) is 3.71. The van der Waals surface area contributed by atoms with Crippen molar-refractivity contribution in [1.82, 2.24) is 15.1 Å². The van der Waals surface area contributed by atoms with E-state index in [4.69, 9.17) is 0 Å². The molecule has 2 rings (SSSR count). The number of hydrogen-bond donors (Lipinski definition) is 2. The molecule has 2 heterocycles. The second-order valence-corrected chi connectivity index (χ2v) is 3.71. The van der Waals surface area contributed by atoms with Gasteiger partial charge in [-0.3, -0.25) is 5.10 Å². The van der Waals surface area contributed by atoms with Gasteiger partial charge in [-0.1, -0.05) is 0 Å². The van der Waals surface area contributed by atoms with Crippen molar-refractivity contribution in [1.29, 1.82) is 0 Å². The summed E-state index contributed by atoms with van der Waals surface area (Å²) in [6.07, 6.45) is 6.18. The highest BCUT2D eigenvalue weighted by molar-refractivity contribution is 5.38. The highest BCUT2D eigenvalue weighted by Gasteiger charge is 2.15. The zero-order chi connectivity index (χ0) is 9.10. The first-order chi connectivity index (χ1) is 6.34. The Bertz CT molecular complexity index is 236. The Balaban J connectivity index is 1.83. The highest BCUT2D eigenvalue weighted by atomic mass is 15.1. The SMILES string of the molecule is CN1CCC(Nc2cn[nH]c2)CC1. The van der Waals surface area contributed by atoms with Gasteiger partial charge in [-0.05, 0) is 33.0 Å². The topological polar surface area (TPSA) is 44.0 Å². The molecule has 0 bridgehead atoms. The van der Waals surface area contributed by atoms with E-state index in [0.717, 1.165) is 5.69 Å². The molecule has 0 atom stereocenters. The Morgan fingerprint density at radius 3 is 2.92 bits per heavy atom. The summed E-state index contributed by atoms with van der Waals surface area (Å²) in [6.45, 7) is 2.38. The summed E-state index contributed by atoms with van der Waals surface area (Å²) in [7, 11) is 2.17. The molecule has 0 saturated carbocycles. The monoisotopic (exact) mass is 180 g/mol. The van der Waals surface area contributed by atoms with Crippen molar-refractivity contribution in [2.24, 2.45) is 0 Å². The molecule has 0 unspecified atom stereocenters. The van der Waals surface area contributed by atoms with Crippen LogP contribution in [0.25, 0.3) is 0 Å². The summed E-state index contributed by atoms with van der Waals surface area (Å²) in [6, 6.07) is 0.619. The number of nitrogens with one attached hydrogen (secondary N) is 2. The van der Waals surface area contributed by atoms with Crippen molar-refractivity contribution in [3.05, 3.63) is 12.4 Å². The van der Waals surface area contributed by atoms with Gasteiger partial charge in [-0.25, -0.2) is 0 Å². The Labute approximate surface area is 78.3 Å². The predicted octanol–water partition coefficient (Wildman–Crippen LogP) is 0.916. The minimum atomic E-state index is 0.619. The van der Waals surface area contributed by atoms with E-state index in [0.29, 0.717) is 6.04 Å². The number of hydrogen-bond acceptors (Lipinski definition) is 3. The van der Waals surface area contributed by atoms with Gasteiger partial charge in [0.25, 0.3) is 0 Å². The van der Waals surface area contributed by atoms with E-state index in [2.05, 4.69) is 27.5 Å². The standard InChI is InChI=1S/C9H16N4/c1-13-4-2-8(3-5-13)12-9-6-10-11-7-9/h6-8,12H,2-5H2,1H3,(H,10,11). The van der Waals surface area contributed by atoms with Gasteiger partial charge in [0.05, 0.1) is 11.9 Å². The lowest BCUT2D eigenvalue weighted by molar-refractivity contribution is 0.264. The third-order valence-corrected chi connectivity index (χ3v) is 2.59. The highest BCUT2D eigenvalue weighted by Crippen LogP contribution is 2.13. The molecule has 4 heteroatoms. The third-order valence-electron chi connectivity index (χ3n) is 2.59. The fourth-order valence-electron chi connectivity index (χ4n) is 1.72. The van der Waals surface area contributed by atoms with Crippen LogP contribution >= 0.6 is 0 Å². The molecule has 0 aromatic carbocycles. The van der Waals surface area contributed by atoms with Crippen LogP contribution in [0.15, 0.2) is 12.4 Å². The lowest BCUT2D eigenvalue weighted by Gasteiger charge is -2.29. The van der Waals surface area contributed by atoms with Crippen LogP contribution in [0.3, 0.4) is 0 Å². The Morgan fingerprint density at radius 2 is 2.31 bits per heavy atom. The van der Waals surface area contributed by atoms with Crippen LogP contribution in [0.2, 0.25) is 0 Å². The average Bonchev–Trinajstić information content (AvgIpc) is 2.62. The Hall–Kier alpha value is -1.03. The number of H-pyrrole nitrogens is 1. The van der Waals surface area contributed by atoms with Crippen LogP contribution in [0, 0.1) is 0 Å². The number of aromatic amines is 1. The smallest absolute Gasteiger partial charge is 0.0725 e. The van der Waals surface area contributed by atoms with E-state index >= 15 is 0 Å². The molecule has 0 amide bonds. The van der Waals surface area contributed by atoms with Crippen molar-refractivity contribution < 1.29 is 0 Å². The normalized spacial score (nSPS) is 20.4. The van der Waals surface area contributed by atoms with E-state index in [1.807, 2.05) is 12.4 Å². The largest absolute Gasteiger partial charge is 0.380 e. The minimum Gasteiger partial charge on any atom is -0.380 e. The van der Waals surface area contributed by atoms with E-state index in [-0.39, 0.29) is 0 Å². The number of aromatic nitrogens is 2. The van der Waals surface area contributed by atoms with Crippen LogP contribution in [-0.4, -0.2) is 41.3 Å². The summed E-state index contributed by atoms with van der Waals surface area (Å²) in [5.41, 5.74) is 1.11. The molecule has 4 nitrogen and oxygen atoms in total. The van der Waals surface area contributed by atoms with E-state index in [1.165, 1.54) is 25.9 Å². The third kappa shape index (κ3) is 2.21. The first kappa shape index (κ1) is 8.56. The minimum absolute atomic E-state index is 0.619. The first-order valence-electron chi connectivity index (χ1n) is 4.78. The Kier molecular flexibility index (Phi) is 2.49. The summed E-state index contributed by atoms with van der Waals surface area (Å²) < 4.78 is 0. The van der Waals surface area contributed by atoms with Crippen molar-refractivity contribution in [2.45, 2.75) is 18.9 Å². The molecule has 13 heavy (non-hydrogen) atoms. The molecule has 1 aromatic heterocycles. The number of piperidine rings is 1. The molecule has 0 aliphatic carbocycles. The molecule has 1 saturated heterocycles. The van der Waals surface area contributed by atoms with Crippen LogP contribution in [0.1, 0.15) is 12.8 Å². The van der Waals surface area contributed by atoms with Crippen molar-refractivity contribution in [2.75, 3.05) is 25.5 Å². The molecule has 0 spiro atoms. The van der Waals surface area contributed by atoms with E-state index in [9.17, 15) is 0 Å². The number of likely N-dealkylation sites (tertiary alicyclic amines) is 1. The number of rotatable bonds is 2.